The molecule has 1 rings (SSSR count). The Hall–Kier alpha value is -0.940. The lowest BCUT2D eigenvalue weighted by molar-refractivity contribution is 0.0935. The number of nitrogens with one attached hydrogen (secondary N) is 1. The number of hydrogen-bond acceptors (Lipinski definition) is 3. The van der Waals surface area contributed by atoms with Crippen molar-refractivity contribution in [1.82, 2.24) is 10.3 Å². The molecule has 1 unspecified atom stereocenters. The number of unbranched alkanes of at least 4 members (excludes halogenated alkanes) is 1. The molecule has 0 saturated carbocycles. The molecule has 1 heterocycles. The summed E-state index contributed by atoms with van der Waals surface area (Å²) < 4.78 is 0.794. The lowest BCUT2D eigenvalue weighted by Gasteiger charge is -2.16. The van der Waals surface area contributed by atoms with E-state index in [1.54, 1.807) is 18.5 Å². The minimum Gasteiger partial charge on any atom is -0.348 e. The van der Waals surface area contributed by atoms with Gasteiger partial charge in [-0.2, -0.15) is 0 Å². The first-order valence-corrected chi connectivity index (χ1v) is 6.58. The molecule has 0 saturated heterocycles. The van der Waals surface area contributed by atoms with Crippen molar-refractivity contribution in [1.29, 1.82) is 0 Å². The van der Waals surface area contributed by atoms with Crippen molar-refractivity contribution in [3.8, 4) is 0 Å². The Morgan fingerprint density at radius 3 is 2.94 bits per heavy atom. The fourth-order valence-corrected chi connectivity index (χ4v) is 1.87. The molecule has 5 heteroatoms. The van der Waals surface area contributed by atoms with Gasteiger partial charge < -0.3 is 11.1 Å². The summed E-state index contributed by atoms with van der Waals surface area (Å²) in [7, 11) is 0. The molecule has 1 aromatic rings. The number of aromatic nitrogens is 1. The van der Waals surface area contributed by atoms with Gasteiger partial charge in [0.05, 0.1) is 5.56 Å². The van der Waals surface area contributed by atoms with E-state index in [9.17, 15) is 4.79 Å². The Balaban J connectivity index is 2.58. The van der Waals surface area contributed by atoms with Gasteiger partial charge >= 0.3 is 0 Å². The maximum absolute atomic E-state index is 11.9. The van der Waals surface area contributed by atoms with Gasteiger partial charge in [-0.15, -0.1) is 0 Å². The second kappa shape index (κ2) is 7.40. The van der Waals surface area contributed by atoms with Crippen molar-refractivity contribution in [2.45, 2.75) is 32.2 Å². The number of carbonyl (C=O) groups is 1. The van der Waals surface area contributed by atoms with Gasteiger partial charge in [0.2, 0.25) is 0 Å². The first-order valence-electron chi connectivity index (χ1n) is 5.78. The number of rotatable bonds is 6. The highest BCUT2D eigenvalue weighted by Gasteiger charge is 2.12. The molecule has 1 amide bonds. The molecule has 0 fully saturated rings. The van der Waals surface area contributed by atoms with Crippen LogP contribution in [0.25, 0.3) is 0 Å². The molecule has 0 aliphatic heterocycles. The fourth-order valence-electron chi connectivity index (χ4n) is 1.50. The number of hydrogen-bond donors (Lipinski definition) is 2. The van der Waals surface area contributed by atoms with Crippen LogP contribution in [0.4, 0.5) is 0 Å². The summed E-state index contributed by atoms with van der Waals surface area (Å²) >= 11 is 3.29. The van der Waals surface area contributed by atoms with Gasteiger partial charge in [-0.25, -0.2) is 0 Å². The molecule has 1 atom stereocenters. The van der Waals surface area contributed by atoms with Crippen molar-refractivity contribution in [3.05, 3.63) is 28.5 Å². The third-order valence-electron chi connectivity index (χ3n) is 2.49. The van der Waals surface area contributed by atoms with E-state index in [1.165, 1.54) is 0 Å². The summed E-state index contributed by atoms with van der Waals surface area (Å²) in [6.07, 6.45) is 6.28. The van der Waals surface area contributed by atoms with Gasteiger partial charge in [0, 0.05) is 29.5 Å². The van der Waals surface area contributed by atoms with E-state index in [0.717, 1.165) is 23.7 Å². The van der Waals surface area contributed by atoms with E-state index in [-0.39, 0.29) is 11.9 Å². The SMILES string of the molecule is CCCCC(CN)NC(=O)c1cncc(Br)c1. The Morgan fingerprint density at radius 2 is 2.35 bits per heavy atom. The number of halogens is 1. The van der Waals surface area contributed by atoms with E-state index in [4.69, 9.17) is 5.73 Å². The predicted molar refractivity (Wildman–Crippen MR) is 71.8 cm³/mol. The zero-order valence-corrected chi connectivity index (χ0v) is 11.5. The molecule has 0 bridgehead atoms. The highest BCUT2D eigenvalue weighted by molar-refractivity contribution is 9.10. The zero-order chi connectivity index (χ0) is 12.7. The first kappa shape index (κ1) is 14.1. The molecule has 0 aliphatic carbocycles. The van der Waals surface area contributed by atoms with Gasteiger partial charge in [0.1, 0.15) is 0 Å². The van der Waals surface area contributed by atoms with Gasteiger partial charge in [0.25, 0.3) is 5.91 Å². The topological polar surface area (TPSA) is 68.0 Å². The Morgan fingerprint density at radius 1 is 1.59 bits per heavy atom. The molecular weight excluding hydrogens is 282 g/mol. The van der Waals surface area contributed by atoms with E-state index in [0.29, 0.717) is 12.1 Å². The summed E-state index contributed by atoms with van der Waals surface area (Å²) in [5.74, 6) is -0.120. The molecule has 0 spiro atoms. The molecule has 3 N–H and O–H groups in total. The first-order chi connectivity index (χ1) is 8.17. The van der Waals surface area contributed by atoms with Crippen LogP contribution in [-0.2, 0) is 0 Å². The standard InChI is InChI=1S/C12H18BrN3O/c1-2-3-4-11(6-14)16-12(17)9-5-10(13)8-15-7-9/h5,7-8,11H,2-4,6,14H2,1H3,(H,16,17). The summed E-state index contributed by atoms with van der Waals surface area (Å²) in [4.78, 5) is 15.9. The third-order valence-corrected chi connectivity index (χ3v) is 2.93. The normalized spacial score (nSPS) is 12.2. The van der Waals surface area contributed by atoms with Crippen LogP contribution in [0.3, 0.4) is 0 Å². The van der Waals surface area contributed by atoms with Crippen LogP contribution in [0, 0.1) is 0 Å². The minimum absolute atomic E-state index is 0.0430. The van der Waals surface area contributed by atoms with Crippen LogP contribution in [0.1, 0.15) is 36.5 Å². The average Bonchev–Trinajstić information content (AvgIpc) is 2.34. The van der Waals surface area contributed by atoms with Crippen LogP contribution in [0.15, 0.2) is 22.9 Å². The summed E-state index contributed by atoms with van der Waals surface area (Å²) in [6.45, 7) is 2.58. The number of nitrogens with two attached hydrogens (primary N) is 1. The lowest BCUT2D eigenvalue weighted by Crippen LogP contribution is -2.40. The zero-order valence-electron chi connectivity index (χ0n) is 9.95. The number of nitrogens with zero attached hydrogens (tertiary/aromatic N) is 1. The Bertz CT molecular complexity index is 371. The summed E-state index contributed by atoms with van der Waals surface area (Å²) in [5, 5.41) is 2.92. The van der Waals surface area contributed by atoms with E-state index >= 15 is 0 Å². The molecule has 0 aromatic carbocycles. The minimum atomic E-state index is -0.120. The van der Waals surface area contributed by atoms with E-state index in [2.05, 4.69) is 33.2 Å². The quantitative estimate of drug-likeness (QED) is 0.845. The fraction of sp³-hybridized carbons (Fsp3) is 0.500. The highest BCUT2D eigenvalue weighted by Crippen LogP contribution is 2.10. The maximum Gasteiger partial charge on any atom is 0.253 e. The lowest BCUT2D eigenvalue weighted by atomic mass is 10.1. The van der Waals surface area contributed by atoms with Crippen molar-refractivity contribution in [2.24, 2.45) is 5.73 Å². The second-order valence-electron chi connectivity index (χ2n) is 3.94. The molecule has 0 radical (unpaired) electrons. The summed E-state index contributed by atoms with van der Waals surface area (Å²) in [6, 6.07) is 1.79. The smallest absolute Gasteiger partial charge is 0.253 e. The van der Waals surface area contributed by atoms with Crippen LogP contribution in [-0.4, -0.2) is 23.5 Å². The molecule has 94 valence electrons. The van der Waals surface area contributed by atoms with Gasteiger partial charge in [-0.05, 0) is 28.4 Å². The predicted octanol–water partition coefficient (Wildman–Crippen LogP) is 2.09. The monoisotopic (exact) mass is 299 g/mol. The van der Waals surface area contributed by atoms with Crippen LogP contribution >= 0.6 is 15.9 Å². The van der Waals surface area contributed by atoms with Crippen molar-refractivity contribution in [2.75, 3.05) is 6.54 Å². The van der Waals surface area contributed by atoms with Crippen LogP contribution < -0.4 is 11.1 Å². The van der Waals surface area contributed by atoms with Crippen molar-refractivity contribution < 1.29 is 4.79 Å². The van der Waals surface area contributed by atoms with Crippen molar-refractivity contribution >= 4 is 21.8 Å². The molecular formula is C12H18BrN3O. The number of pyridine rings is 1. The van der Waals surface area contributed by atoms with Gasteiger partial charge in [0.15, 0.2) is 0 Å². The van der Waals surface area contributed by atoms with Crippen LogP contribution in [0.2, 0.25) is 0 Å². The molecule has 17 heavy (non-hydrogen) atoms. The largest absolute Gasteiger partial charge is 0.348 e. The molecule has 1 aromatic heterocycles. The Labute approximate surface area is 110 Å². The Kier molecular flexibility index (Phi) is 6.15. The number of amides is 1. The summed E-state index contributed by atoms with van der Waals surface area (Å²) in [5.41, 5.74) is 6.18. The molecule has 4 nitrogen and oxygen atoms in total. The number of carbonyl (C=O) groups excluding carboxylic acids is 1. The van der Waals surface area contributed by atoms with Crippen LogP contribution in [0.5, 0.6) is 0 Å². The maximum atomic E-state index is 11.9. The third kappa shape index (κ3) is 4.83. The van der Waals surface area contributed by atoms with Gasteiger partial charge in [-0.1, -0.05) is 19.8 Å². The molecule has 0 aliphatic rings. The highest BCUT2D eigenvalue weighted by atomic mass is 79.9. The van der Waals surface area contributed by atoms with E-state index < -0.39 is 0 Å². The van der Waals surface area contributed by atoms with Crippen molar-refractivity contribution in [3.63, 3.8) is 0 Å². The van der Waals surface area contributed by atoms with Gasteiger partial charge in [-0.3, -0.25) is 9.78 Å². The second-order valence-corrected chi connectivity index (χ2v) is 4.86. The average molecular weight is 300 g/mol. The van der Waals surface area contributed by atoms with E-state index in [1.807, 2.05) is 0 Å².